The summed E-state index contributed by atoms with van der Waals surface area (Å²) in [4.78, 5) is 11.6. The predicted molar refractivity (Wildman–Crippen MR) is 91.1 cm³/mol. The van der Waals surface area contributed by atoms with Crippen LogP contribution in [0.1, 0.15) is 5.56 Å². The summed E-state index contributed by atoms with van der Waals surface area (Å²) in [5, 5.41) is 5.37. The molecular weight excluding hydrogens is 363 g/mol. The molecule has 2 amide bonds. The largest absolute Gasteiger partial charge is 0.492 e. The summed E-state index contributed by atoms with van der Waals surface area (Å²) in [5.74, 6) is 0.493. The number of rotatable bonds is 7. The third-order valence-corrected chi connectivity index (χ3v) is 3.64. The Morgan fingerprint density at radius 1 is 1.04 bits per heavy atom. The van der Waals surface area contributed by atoms with Gasteiger partial charge in [0.15, 0.2) is 0 Å². The lowest BCUT2D eigenvalue weighted by Gasteiger charge is -2.09. The van der Waals surface area contributed by atoms with Crippen LogP contribution in [0.4, 0.5) is 9.18 Å². The van der Waals surface area contributed by atoms with E-state index in [0.717, 1.165) is 10.2 Å². The van der Waals surface area contributed by atoms with Crippen LogP contribution in [0.3, 0.4) is 0 Å². The molecule has 2 rings (SSSR count). The van der Waals surface area contributed by atoms with Gasteiger partial charge >= 0.3 is 6.03 Å². The van der Waals surface area contributed by atoms with E-state index in [1.165, 1.54) is 6.07 Å². The van der Waals surface area contributed by atoms with Crippen LogP contribution in [0.25, 0.3) is 0 Å². The molecule has 0 fully saturated rings. The van der Waals surface area contributed by atoms with Crippen molar-refractivity contribution in [1.82, 2.24) is 10.6 Å². The number of hydrogen-bond donors (Lipinski definition) is 2. The summed E-state index contributed by atoms with van der Waals surface area (Å²) in [5.41, 5.74) is 0.589. The molecule has 0 aliphatic rings. The first kappa shape index (κ1) is 17.3. The van der Waals surface area contributed by atoms with Gasteiger partial charge in [-0.05, 0) is 42.3 Å². The number of benzene rings is 2. The quantitative estimate of drug-likeness (QED) is 0.722. The molecule has 0 saturated heterocycles. The summed E-state index contributed by atoms with van der Waals surface area (Å²) in [6.07, 6.45) is 0.454. The second-order valence-electron chi connectivity index (χ2n) is 4.83. The maximum atomic E-state index is 13.4. The minimum absolute atomic E-state index is 0.252. The van der Waals surface area contributed by atoms with E-state index >= 15 is 0 Å². The predicted octanol–water partition coefficient (Wildman–Crippen LogP) is 3.51. The smallest absolute Gasteiger partial charge is 0.314 e. The number of amides is 2. The monoisotopic (exact) mass is 380 g/mol. The fourth-order valence-corrected chi connectivity index (χ4v) is 2.20. The Hall–Kier alpha value is -2.08. The molecule has 0 bridgehead atoms. The molecule has 23 heavy (non-hydrogen) atoms. The first-order valence-corrected chi connectivity index (χ1v) is 8.08. The van der Waals surface area contributed by atoms with Crippen molar-refractivity contribution in [3.8, 4) is 5.75 Å². The third kappa shape index (κ3) is 6.28. The molecule has 0 heterocycles. The van der Waals surface area contributed by atoms with Crippen LogP contribution in [0.15, 0.2) is 53.0 Å². The molecule has 122 valence electrons. The van der Waals surface area contributed by atoms with Crippen molar-refractivity contribution in [2.75, 3.05) is 19.7 Å². The van der Waals surface area contributed by atoms with E-state index in [2.05, 4.69) is 26.6 Å². The van der Waals surface area contributed by atoms with Crippen molar-refractivity contribution in [3.63, 3.8) is 0 Å². The topological polar surface area (TPSA) is 50.4 Å². The summed E-state index contributed by atoms with van der Waals surface area (Å²) in [6, 6.07) is 13.7. The van der Waals surface area contributed by atoms with E-state index in [9.17, 15) is 9.18 Å². The maximum Gasteiger partial charge on any atom is 0.314 e. The molecule has 0 aromatic heterocycles. The lowest BCUT2D eigenvalue weighted by Crippen LogP contribution is -2.38. The van der Waals surface area contributed by atoms with Crippen molar-refractivity contribution in [1.29, 1.82) is 0 Å². The van der Waals surface area contributed by atoms with Crippen molar-refractivity contribution in [2.45, 2.75) is 6.42 Å². The fraction of sp³-hybridized carbons (Fsp3) is 0.235. The molecule has 4 nitrogen and oxygen atoms in total. The standard InChI is InChI=1S/C17H18BrFN2O2/c18-14-5-7-15(8-6-14)23-12-11-21-17(22)20-10-9-13-3-1-2-4-16(13)19/h1-8H,9-12H2,(H2,20,21,22). The van der Waals surface area contributed by atoms with Gasteiger partial charge in [-0.15, -0.1) is 0 Å². The zero-order valence-corrected chi connectivity index (χ0v) is 14.1. The Balaban J connectivity index is 1.58. The summed E-state index contributed by atoms with van der Waals surface area (Å²) in [7, 11) is 0. The molecule has 2 N–H and O–H groups in total. The number of carbonyl (C=O) groups excluding carboxylic acids is 1. The highest BCUT2D eigenvalue weighted by Gasteiger charge is 2.03. The van der Waals surface area contributed by atoms with Gasteiger partial charge in [0.2, 0.25) is 0 Å². The van der Waals surface area contributed by atoms with E-state index in [0.29, 0.717) is 31.7 Å². The molecule has 0 spiro atoms. The van der Waals surface area contributed by atoms with Crippen LogP contribution >= 0.6 is 15.9 Å². The minimum atomic E-state index is -0.291. The van der Waals surface area contributed by atoms with Crippen molar-refractivity contribution < 1.29 is 13.9 Å². The molecule has 0 aliphatic heterocycles. The molecule has 0 unspecified atom stereocenters. The van der Waals surface area contributed by atoms with Gasteiger partial charge in [0.1, 0.15) is 18.2 Å². The van der Waals surface area contributed by atoms with Crippen LogP contribution in [0.2, 0.25) is 0 Å². The summed E-state index contributed by atoms with van der Waals surface area (Å²) >= 11 is 3.35. The van der Waals surface area contributed by atoms with Gasteiger partial charge in [0.25, 0.3) is 0 Å². The molecule has 2 aromatic rings. The average Bonchev–Trinajstić information content (AvgIpc) is 2.55. The van der Waals surface area contributed by atoms with Crippen LogP contribution in [0.5, 0.6) is 5.75 Å². The van der Waals surface area contributed by atoms with Gasteiger partial charge in [0.05, 0.1) is 6.54 Å². The Bertz CT molecular complexity index is 635. The number of urea groups is 1. The normalized spacial score (nSPS) is 10.2. The molecule has 0 atom stereocenters. The Kier molecular flexibility index (Phi) is 6.87. The van der Waals surface area contributed by atoms with Gasteiger partial charge < -0.3 is 15.4 Å². The molecule has 0 radical (unpaired) electrons. The molecule has 6 heteroatoms. The molecule has 2 aromatic carbocycles. The fourth-order valence-electron chi connectivity index (χ4n) is 1.94. The van der Waals surface area contributed by atoms with Gasteiger partial charge in [-0.25, -0.2) is 9.18 Å². The van der Waals surface area contributed by atoms with E-state index in [1.54, 1.807) is 18.2 Å². The zero-order valence-electron chi connectivity index (χ0n) is 12.5. The third-order valence-electron chi connectivity index (χ3n) is 3.11. The average molecular weight is 381 g/mol. The SMILES string of the molecule is O=C(NCCOc1ccc(Br)cc1)NCCc1ccccc1F. The second kappa shape index (κ2) is 9.15. The second-order valence-corrected chi connectivity index (χ2v) is 5.74. The van der Waals surface area contributed by atoms with E-state index in [4.69, 9.17) is 4.74 Å². The summed E-state index contributed by atoms with van der Waals surface area (Å²) < 4.78 is 19.9. The van der Waals surface area contributed by atoms with Crippen molar-refractivity contribution in [3.05, 3.63) is 64.4 Å². The van der Waals surface area contributed by atoms with Gasteiger partial charge in [-0.3, -0.25) is 0 Å². The van der Waals surface area contributed by atoms with Gasteiger partial charge in [-0.2, -0.15) is 0 Å². The van der Waals surface area contributed by atoms with Gasteiger partial charge in [0, 0.05) is 11.0 Å². The lowest BCUT2D eigenvalue weighted by atomic mass is 10.1. The Labute approximate surface area is 143 Å². The van der Waals surface area contributed by atoms with E-state index in [-0.39, 0.29) is 11.8 Å². The Morgan fingerprint density at radius 3 is 2.48 bits per heavy atom. The number of carbonyl (C=O) groups is 1. The summed E-state index contributed by atoms with van der Waals surface area (Å²) in [6.45, 7) is 1.14. The lowest BCUT2D eigenvalue weighted by molar-refractivity contribution is 0.236. The minimum Gasteiger partial charge on any atom is -0.492 e. The first-order valence-electron chi connectivity index (χ1n) is 7.28. The number of ether oxygens (including phenoxy) is 1. The first-order chi connectivity index (χ1) is 11.1. The zero-order chi connectivity index (χ0) is 16.5. The van der Waals surface area contributed by atoms with Crippen LogP contribution in [-0.2, 0) is 6.42 Å². The maximum absolute atomic E-state index is 13.4. The van der Waals surface area contributed by atoms with Crippen LogP contribution in [0, 0.1) is 5.82 Å². The van der Waals surface area contributed by atoms with Crippen molar-refractivity contribution in [2.24, 2.45) is 0 Å². The van der Waals surface area contributed by atoms with Gasteiger partial charge in [-0.1, -0.05) is 34.1 Å². The Morgan fingerprint density at radius 2 is 1.74 bits per heavy atom. The molecule has 0 aliphatic carbocycles. The molecular formula is C17H18BrFN2O2. The highest BCUT2D eigenvalue weighted by Crippen LogP contribution is 2.15. The highest BCUT2D eigenvalue weighted by molar-refractivity contribution is 9.10. The van der Waals surface area contributed by atoms with Crippen LogP contribution < -0.4 is 15.4 Å². The number of nitrogens with one attached hydrogen (secondary N) is 2. The van der Waals surface area contributed by atoms with E-state index < -0.39 is 0 Å². The van der Waals surface area contributed by atoms with Crippen LogP contribution in [-0.4, -0.2) is 25.7 Å². The highest BCUT2D eigenvalue weighted by atomic mass is 79.9. The van der Waals surface area contributed by atoms with Crippen molar-refractivity contribution >= 4 is 22.0 Å². The van der Waals surface area contributed by atoms with E-state index in [1.807, 2.05) is 24.3 Å². The molecule has 0 saturated carbocycles. The number of hydrogen-bond acceptors (Lipinski definition) is 2. The number of halogens is 2.